The van der Waals surface area contributed by atoms with Crippen LogP contribution in [0.4, 0.5) is 4.39 Å². The van der Waals surface area contributed by atoms with Crippen LogP contribution in [-0.2, 0) is 11.3 Å². The van der Waals surface area contributed by atoms with Crippen LogP contribution in [0.25, 0.3) is 10.8 Å². The highest BCUT2D eigenvalue weighted by molar-refractivity contribution is 7.99. The SMILES string of the molecule is COc1ccc(CN(C)C(=O)CSc2nnc(-c3cccs3)o2)cc1F. The van der Waals surface area contributed by atoms with Crippen LogP contribution >= 0.6 is 23.1 Å². The molecule has 3 rings (SSSR count). The van der Waals surface area contributed by atoms with Crippen LogP contribution in [0.1, 0.15) is 5.56 Å². The van der Waals surface area contributed by atoms with E-state index in [1.54, 1.807) is 19.2 Å². The van der Waals surface area contributed by atoms with Crippen molar-refractivity contribution in [3.05, 3.63) is 47.1 Å². The molecule has 6 nitrogen and oxygen atoms in total. The zero-order valence-corrected chi connectivity index (χ0v) is 15.8. The molecular formula is C17H16FN3O3S2. The normalized spacial score (nSPS) is 10.7. The van der Waals surface area contributed by atoms with E-state index >= 15 is 0 Å². The van der Waals surface area contributed by atoms with E-state index in [1.165, 1.54) is 41.2 Å². The monoisotopic (exact) mass is 393 g/mol. The van der Waals surface area contributed by atoms with Crippen LogP contribution in [0.15, 0.2) is 45.4 Å². The largest absolute Gasteiger partial charge is 0.494 e. The predicted molar refractivity (Wildman–Crippen MR) is 97.8 cm³/mol. The van der Waals surface area contributed by atoms with Crippen LogP contribution in [0.2, 0.25) is 0 Å². The number of nitrogens with zero attached hydrogens (tertiary/aromatic N) is 3. The first-order chi connectivity index (χ1) is 12.6. The maximum absolute atomic E-state index is 13.7. The maximum Gasteiger partial charge on any atom is 0.277 e. The lowest BCUT2D eigenvalue weighted by Crippen LogP contribution is -2.27. The molecule has 0 fully saturated rings. The lowest BCUT2D eigenvalue weighted by molar-refractivity contribution is -0.127. The molecule has 2 aromatic heterocycles. The number of hydrogen-bond donors (Lipinski definition) is 0. The van der Waals surface area contributed by atoms with Gasteiger partial charge in [0.2, 0.25) is 5.91 Å². The Morgan fingerprint density at radius 1 is 1.38 bits per heavy atom. The molecule has 0 unspecified atom stereocenters. The lowest BCUT2D eigenvalue weighted by atomic mass is 10.2. The summed E-state index contributed by atoms with van der Waals surface area (Å²) in [6.45, 7) is 0.296. The number of carbonyl (C=O) groups is 1. The lowest BCUT2D eigenvalue weighted by Gasteiger charge is -2.17. The van der Waals surface area contributed by atoms with E-state index in [0.717, 1.165) is 4.88 Å². The second kappa shape index (κ2) is 8.33. The zero-order valence-electron chi connectivity index (χ0n) is 14.1. The molecule has 3 aromatic rings. The van der Waals surface area contributed by atoms with Crippen molar-refractivity contribution in [1.29, 1.82) is 0 Å². The molecule has 0 aliphatic heterocycles. The molecule has 2 heterocycles. The van der Waals surface area contributed by atoms with Gasteiger partial charge >= 0.3 is 0 Å². The minimum atomic E-state index is -0.452. The Bertz CT molecular complexity index is 883. The summed E-state index contributed by atoms with van der Waals surface area (Å²) in [5.41, 5.74) is 0.682. The first kappa shape index (κ1) is 18.4. The average Bonchev–Trinajstić information content (AvgIpc) is 3.31. The molecule has 1 aromatic carbocycles. The van der Waals surface area contributed by atoms with Crippen molar-refractivity contribution in [2.75, 3.05) is 19.9 Å². The summed E-state index contributed by atoms with van der Waals surface area (Å²) < 4.78 is 24.2. The van der Waals surface area contributed by atoms with Crippen molar-refractivity contribution in [3.63, 3.8) is 0 Å². The third kappa shape index (κ3) is 4.41. The molecule has 0 saturated carbocycles. The summed E-state index contributed by atoms with van der Waals surface area (Å²) >= 11 is 2.68. The number of hydrogen-bond acceptors (Lipinski definition) is 7. The summed E-state index contributed by atoms with van der Waals surface area (Å²) in [6.07, 6.45) is 0. The molecule has 0 atom stereocenters. The fraction of sp³-hybridized carbons (Fsp3) is 0.235. The van der Waals surface area contributed by atoms with Crippen LogP contribution in [0.3, 0.4) is 0 Å². The Kier molecular flexibility index (Phi) is 5.89. The number of ether oxygens (including phenoxy) is 1. The Labute approximate surface area is 158 Å². The van der Waals surface area contributed by atoms with Crippen LogP contribution in [0.5, 0.6) is 5.75 Å². The molecule has 0 N–H and O–H groups in total. The first-order valence-corrected chi connectivity index (χ1v) is 9.50. The van der Waals surface area contributed by atoms with Gasteiger partial charge in [0.25, 0.3) is 11.1 Å². The van der Waals surface area contributed by atoms with E-state index < -0.39 is 5.82 Å². The van der Waals surface area contributed by atoms with Gasteiger partial charge in [-0.15, -0.1) is 21.5 Å². The van der Waals surface area contributed by atoms with Crippen molar-refractivity contribution in [3.8, 4) is 16.5 Å². The molecule has 1 amide bonds. The van der Waals surface area contributed by atoms with Gasteiger partial charge in [-0.25, -0.2) is 4.39 Å². The molecule has 9 heteroatoms. The molecule has 0 radical (unpaired) electrons. The fourth-order valence-electron chi connectivity index (χ4n) is 2.17. The molecule has 136 valence electrons. The minimum absolute atomic E-state index is 0.123. The zero-order chi connectivity index (χ0) is 18.5. The minimum Gasteiger partial charge on any atom is -0.494 e. The van der Waals surface area contributed by atoms with Crippen molar-refractivity contribution >= 4 is 29.0 Å². The summed E-state index contributed by atoms with van der Waals surface area (Å²) in [7, 11) is 3.07. The van der Waals surface area contributed by atoms with Gasteiger partial charge in [-0.1, -0.05) is 23.9 Å². The molecule has 0 saturated heterocycles. The Morgan fingerprint density at radius 2 is 2.23 bits per heavy atom. The van der Waals surface area contributed by atoms with Crippen molar-refractivity contribution in [2.45, 2.75) is 11.8 Å². The Hall–Kier alpha value is -2.39. The second-order valence-corrected chi connectivity index (χ2v) is 7.23. The summed E-state index contributed by atoms with van der Waals surface area (Å²) in [4.78, 5) is 14.7. The van der Waals surface area contributed by atoms with Crippen LogP contribution in [0, 0.1) is 5.82 Å². The smallest absolute Gasteiger partial charge is 0.277 e. The van der Waals surface area contributed by atoms with E-state index in [2.05, 4.69) is 10.2 Å². The highest BCUT2D eigenvalue weighted by Gasteiger charge is 2.15. The third-order valence-electron chi connectivity index (χ3n) is 3.52. The third-order valence-corrected chi connectivity index (χ3v) is 5.18. The molecular weight excluding hydrogens is 377 g/mol. The van der Waals surface area contributed by atoms with Crippen LogP contribution < -0.4 is 4.74 Å². The summed E-state index contributed by atoms with van der Waals surface area (Å²) in [5, 5.41) is 10.2. The standard InChI is InChI=1S/C17H16FN3O3S2/c1-21(9-11-5-6-13(23-2)12(18)8-11)15(22)10-26-17-20-19-16(24-17)14-4-3-7-25-14/h3-8H,9-10H2,1-2H3. The Balaban J connectivity index is 1.54. The fourth-order valence-corrected chi connectivity index (χ4v) is 3.52. The van der Waals surface area contributed by atoms with E-state index in [4.69, 9.17) is 9.15 Å². The van der Waals surface area contributed by atoms with Gasteiger partial charge in [0.05, 0.1) is 17.7 Å². The topological polar surface area (TPSA) is 68.5 Å². The molecule has 0 aliphatic carbocycles. The number of halogens is 1. The van der Waals surface area contributed by atoms with Crippen LogP contribution in [-0.4, -0.2) is 40.9 Å². The van der Waals surface area contributed by atoms with E-state index in [-0.39, 0.29) is 17.4 Å². The van der Waals surface area contributed by atoms with Crippen molar-refractivity contribution in [1.82, 2.24) is 15.1 Å². The predicted octanol–water partition coefficient (Wildman–Crippen LogP) is 3.70. The summed E-state index contributed by atoms with van der Waals surface area (Å²) in [5.74, 6) is 0.198. The molecule has 0 bridgehead atoms. The number of rotatable bonds is 7. The number of amides is 1. The van der Waals surface area contributed by atoms with Gasteiger partial charge in [-0.05, 0) is 29.1 Å². The number of carbonyl (C=O) groups excluding carboxylic acids is 1. The molecule has 0 spiro atoms. The highest BCUT2D eigenvalue weighted by Crippen LogP contribution is 2.26. The number of methoxy groups -OCH3 is 1. The van der Waals surface area contributed by atoms with Gasteiger partial charge in [-0.2, -0.15) is 0 Å². The van der Waals surface area contributed by atoms with Gasteiger partial charge in [0, 0.05) is 13.6 Å². The number of thiophene rings is 1. The molecule has 0 aliphatic rings. The average molecular weight is 393 g/mol. The van der Waals surface area contributed by atoms with E-state index in [9.17, 15) is 9.18 Å². The first-order valence-electron chi connectivity index (χ1n) is 7.63. The molecule has 26 heavy (non-hydrogen) atoms. The highest BCUT2D eigenvalue weighted by atomic mass is 32.2. The van der Waals surface area contributed by atoms with Gasteiger partial charge in [0.1, 0.15) is 0 Å². The van der Waals surface area contributed by atoms with E-state index in [0.29, 0.717) is 23.2 Å². The number of benzene rings is 1. The van der Waals surface area contributed by atoms with E-state index in [1.807, 2.05) is 17.5 Å². The van der Waals surface area contributed by atoms with Crippen molar-refractivity contribution < 1.29 is 18.3 Å². The summed E-state index contributed by atoms with van der Waals surface area (Å²) in [6, 6.07) is 8.42. The van der Waals surface area contributed by atoms with Gasteiger partial charge < -0.3 is 14.1 Å². The van der Waals surface area contributed by atoms with Crippen molar-refractivity contribution in [2.24, 2.45) is 0 Å². The maximum atomic E-state index is 13.7. The van der Waals surface area contributed by atoms with Gasteiger partial charge in [0.15, 0.2) is 11.6 Å². The number of aromatic nitrogens is 2. The Morgan fingerprint density at radius 3 is 2.92 bits per heavy atom. The van der Waals surface area contributed by atoms with Gasteiger partial charge in [-0.3, -0.25) is 4.79 Å². The second-order valence-electron chi connectivity index (χ2n) is 5.36. The quantitative estimate of drug-likeness (QED) is 0.570. The number of thioether (sulfide) groups is 1.